The van der Waals surface area contributed by atoms with Crippen molar-refractivity contribution in [1.82, 2.24) is 15.4 Å². The maximum absolute atomic E-state index is 12.5. The van der Waals surface area contributed by atoms with Crippen molar-refractivity contribution in [3.63, 3.8) is 0 Å². The number of carbonyl (C=O) groups excluding carboxylic acids is 1. The molecule has 1 amide bonds. The Bertz CT molecular complexity index is 637. The van der Waals surface area contributed by atoms with Gasteiger partial charge in [0.1, 0.15) is 5.69 Å². The third kappa shape index (κ3) is 4.36. The van der Waals surface area contributed by atoms with Gasteiger partial charge in [0.25, 0.3) is 5.91 Å². The number of nitrogens with zero attached hydrogens (tertiary/aromatic N) is 2. The summed E-state index contributed by atoms with van der Waals surface area (Å²) in [5, 5.41) is 7.41. The van der Waals surface area contributed by atoms with Crippen LogP contribution in [-0.2, 0) is 0 Å². The van der Waals surface area contributed by atoms with Gasteiger partial charge in [-0.05, 0) is 31.8 Å². The maximum atomic E-state index is 12.5. The van der Waals surface area contributed by atoms with E-state index in [9.17, 15) is 4.79 Å². The number of halogens is 1. The van der Waals surface area contributed by atoms with Gasteiger partial charge in [0.05, 0.1) is 0 Å². The summed E-state index contributed by atoms with van der Waals surface area (Å²) in [6, 6.07) is 11.5. The lowest BCUT2D eigenvalue weighted by Gasteiger charge is -2.31. The van der Waals surface area contributed by atoms with Gasteiger partial charge in [-0.2, -0.15) is 0 Å². The number of benzene rings is 1. The Balaban J connectivity index is 0.00000208. The topological polar surface area (TPSA) is 58.4 Å². The summed E-state index contributed by atoms with van der Waals surface area (Å²) >= 11 is 0. The van der Waals surface area contributed by atoms with Crippen LogP contribution in [-0.4, -0.2) is 42.1 Å². The number of amides is 1. The number of hydrogen-bond donors (Lipinski definition) is 1. The summed E-state index contributed by atoms with van der Waals surface area (Å²) in [6.07, 6.45) is 2.08. The van der Waals surface area contributed by atoms with E-state index in [1.807, 2.05) is 35.2 Å². The van der Waals surface area contributed by atoms with Gasteiger partial charge in [0.15, 0.2) is 0 Å². The Morgan fingerprint density at radius 1 is 1.29 bits per heavy atom. The Kier molecular flexibility index (Phi) is 6.82. The minimum absolute atomic E-state index is 0. The summed E-state index contributed by atoms with van der Waals surface area (Å²) < 4.78 is 5.27. The van der Waals surface area contributed by atoms with E-state index in [2.05, 4.69) is 17.4 Å². The molecule has 1 fully saturated rings. The highest BCUT2D eigenvalue weighted by atomic mass is 35.5. The van der Waals surface area contributed by atoms with Gasteiger partial charge in [-0.3, -0.25) is 4.79 Å². The number of hydrogen-bond acceptors (Lipinski definition) is 4. The van der Waals surface area contributed by atoms with Gasteiger partial charge in [0, 0.05) is 24.7 Å². The molecule has 1 aromatic heterocycles. The van der Waals surface area contributed by atoms with Crippen LogP contribution in [0.4, 0.5) is 0 Å². The molecule has 0 saturated carbocycles. The molecule has 130 valence electrons. The Morgan fingerprint density at radius 2 is 2.00 bits per heavy atom. The quantitative estimate of drug-likeness (QED) is 0.900. The molecule has 1 saturated heterocycles. The molecule has 0 atom stereocenters. The van der Waals surface area contributed by atoms with E-state index in [-0.39, 0.29) is 18.3 Å². The SMILES string of the molecule is CCNCC1CCN(C(=O)c2cc(-c3ccccc3)no2)CC1.Cl. The highest BCUT2D eigenvalue weighted by Gasteiger charge is 2.26. The molecule has 2 heterocycles. The van der Waals surface area contributed by atoms with Crippen LogP contribution in [0.25, 0.3) is 11.3 Å². The average Bonchev–Trinajstić information content (AvgIpc) is 3.11. The van der Waals surface area contributed by atoms with Crippen molar-refractivity contribution in [2.45, 2.75) is 19.8 Å². The van der Waals surface area contributed by atoms with Crippen LogP contribution in [0.2, 0.25) is 0 Å². The van der Waals surface area contributed by atoms with E-state index in [4.69, 9.17) is 4.52 Å². The first-order valence-corrected chi connectivity index (χ1v) is 8.30. The zero-order valence-corrected chi connectivity index (χ0v) is 14.7. The summed E-state index contributed by atoms with van der Waals surface area (Å²) in [4.78, 5) is 14.4. The van der Waals surface area contributed by atoms with Crippen molar-refractivity contribution in [3.8, 4) is 11.3 Å². The van der Waals surface area contributed by atoms with Crippen molar-refractivity contribution in [2.24, 2.45) is 5.92 Å². The van der Waals surface area contributed by atoms with Crippen LogP contribution in [0.15, 0.2) is 40.9 Å². The Hall–Kier alpha value is -1.85. The van der Waals surface area contributed by atoms with Gasteiger partial charge in [-0.15, -0.1) is 12.4 Å². The summed E-state index contributed by atoms with van der Waals surface area (Å²) in [6.45, 7) is 5.73. The highest BCUT2D eigenvalue weighted by molar-refractivity contribution is 5.92. The lowest BCUT2D eigenvalue weighted by molar-refractivity contribution is 0.0648. The van der Waals surface area contributed by atoms with Gasteiger partial charge in [-0.1, -0.05) is 42.4 Å². The lowest BCUT2D eigenvalue weighted by atomic mass is 9.96. The fourth-order valence-electron chi connectivity index (χ4n) is 2.97. The van der Waals surface area contributed by atoms with Crippen molar-refractivity contribution < 1.29 is 9.32 Å². The molecule has 0 radical (unpaired) electrons. The first-order chi connectivity index (χ1) is 11.3. The fraction of sp³-hybridized carbons (Fsp3) is 0.444. The second-order valence-corrected chi connectivity index (χ2v) is 5.99. The zero-order chi connectivity index (χ0) is 16.1. The number of nitrogens with one attached hydrogen (secondary N) is 1. The second kappa shape index (κ2) is 8.85. The number of likely N-dealkylation sites (tertiary alicyclic amines) is 1. The molecule has 1 aliphatic rings. The smallest absolute Gasteiger partial charge is 0.292 e. The van der Waals surface area contributed by atoms with Crippen LogP contribution in [0, 0.1) is 5.92 Å². The highest BCUT2D eigenvalue weighted by Crippen LogP contribution is 2.22. The fourth-order valence-corrected chi connectivity index (χ4v) is 2.97. The Morgan fingerprint density at radius 3 is 2.67 bits per heavy atom. The molecule has 2 aromatic rings. The molecular formula is C18H24ClN3O2. The number of piperidine rings is 1. The molecular weight excluding hydrogens is 326 g/mol. The van der Waals surface area contributed by atoms with Crippen LogP contribution in [0.1, 0.15) is 30.3 Å². The molecule has 0 unspecified atom stereocenters. The minimum atomic E-state index is -0.0541. The molecule has 0 spiro atoms. The standard InChI is InChI=1S/C18H23N3O2.ClH/c1-2-19-13-14-8-10-21(11-9-14)18(22)17-12-16(20-23-17)15-6-4-3-5-7-15;/h3-7,12,14,19H,2,8-11,13H2,1H3;1H. The summed E-state index contributed by atoms with van der Waals surface area (Å²) in [7, 11) is 0. The van der Waals surface area contributed by atoms with Crippen molar-refractivity contribution >= 4 is 18.3 Å². The lowest BCUT2D eigenvalue weighted by Crippen LogP contribution is -2.40. The summed E-state index contributed by atoms with van der Waals surface area (Å²) in [5.74, 6) is 0.934. The Labute approximate surface area is 148 Å². The van der Waals surface area contributed by atoms with Crippen molar-refractivity contribution in [2.75, 3.05) is 26.2 Å². The van der Waals surface area contributed by atoms with Crippen molar-refractivity contribution in [1.29, 1.82) is 0 Å². The molecule has 24 heavy (non-hydrogen) atoms. The zero-order valence-electron chi connectivity index (χ0n) is 13.9. The number of rotatable bonds is 5. The average molecular weight is 350 g/mol. The van der Waals surface area contributed by atoms with Gasteiger partial charge in [0.2, 0.25) is 5.76 Å². The van der Waals surface area contributed by atoms with Gasteiger partial charge in [-0.25, -0.2) is 0 Å². The monoisotopic (exact) mass is 349 g/mol. The predicted molar refractivity (Wildman–Crippen MR) is 96.4 cm³/mol. The first-order valence-electron chi connectivity index (χ1n) is 8.30. The maximum Gasteiger partial charge on any atom is 0.292 e. The molecule has 1 aliphatic heterocycles. The summed E-state index contributed by atoms with van der Waals surface area (Å²) in [5.41, 5.74) is 1.66. The van der Waals surface area contributed by atoms with E-state index in [0.29, 0.717) is 17.4 Å². The molecule has 6 heteroatoms. The first kappa shape index (κ1) is 18.5. The van der Waals surface area contributed by atoms with Crippen molar-refractivity contribution in [3.05, 3.63) is 42.2 Å². The molecule has 3 rings (SSSR count). The van der Waals surface area contributed by atoms with Crippen LogP contribution in [0.5, 0.6) is 0 Å². The van der Waals surface area contributed by atoms with E-state index < -0.39 is 0 Å². The third-order valence-electron chi connectivity index (χ3n) is 4.38. The van der Waals surface area contributed by atoms with E-state index in [1.165, 1.54) is 0 Å². The molecule has 5 nitrogen and oxygen atoms in total. The minimum Gasteiger partial charge on any atom is -0.350 e. The molecule has 1 N–H and O–H groups in total. The number of carbonyl (C=O) groups is 1. The normalized spacial score (nSPS) is 15.1. The largest absolute Gasteiger partial charge is 0.350 e. The molecule has 0 bridgehead atoms. The molecule has 1 aromatic carbocycles. The molecule has 0 aliphatic carbocycles. The van der Waals surface area contributed by atoms with Crippen LogP contribution in [0.3, 0.4) is 0 Å². The van der Waals surface area contributed by atoms with E-state index in [1.54, 1.807) is 6.07 Å². The number of aromatic nitrogens is 1. The second-order valence-electron chi connectivity index (χ2n) is 5.99. The van der Waals surface area contributed by atoms with Gasteiger partial charge < -0.3 is 14.7 Å². The third-order valence-corrected chi connectivity index (χ3v) is 4.38. The van der Waals surface area contributed by atoms with Gasteiger partial charge >= 0.3 is 0 Å². The van der Waals surface area contributed by atoms with E-state index in [0.717, 1.165) is 44.6 Å². The van der Waals surface area contributed by atoms with Crippen LogP contribution >= 0.6 is 12.4 Å². The van der Waals surface area contributed by atoms with Crippen LogP contribution < -0.4 is 5.32 Å². The van der Waals surface area contributed by atoms with E-state index >= 15 is 0 Å². The predicted octanol–water partition coefficient (Wildman–Crippen LogP) is 3.23.